The first-order chi connectivity index (χ1) is 9.68. The summed E-state index contributed by atoms with van der Waals surface area (Å²) < 4.78 is 46.5. The van der Waals surface area contributed by atoms with Gasteiger partial charge in [0.1, 0.15) is 11.3 Å². The zero-order valence-electron chi connectivity index (χ0n) is 11.7. The van der Waals surface area contributed by atoms with Crippen molar-refractivity contribution in [1.82, 2.24) is 4.57 Å². The van der Waals surface area contributed by atoms with Crippen LogP contribution in [0.1, 0.15) is 16.8 Å². The summed E-state index contributed by atoms with van der Waals surface area (Å²) in [4.78, 5) is 11.0. The molecule has 0 amide bonds. The Kier molecular flexibility index (Phi) is 3.61. The summed E-state index contributed by atoms with van der Waals surface area (Å²) in [5.74, 6) is -1.49. The van der Waals surface area contributed by atoms with Crippen LogP contribution in [-0.2, 0) is 24.4 Å². The Morgan fingerprint density at radius 3 is 2.48 bits per heavy atom. The maximum atomic E-state index is 13.4. The first kappa shape index (κ1) is 15.2. The van der Waals surface area contributed by atoms with Crippen LogP contribution in [0.15, 0.2) is 12.1 Å². The molecular weight excluding hydrogens is 287 g/mol. The van der Waals surface area contributed by atoms with Crippen LogP contribution in [0.5, 0.6) is 5.75 Å². The Morgan fingerprint density at radius 2 is 2.00 bits per heavy atom. The van der Waals surface area contributed by atoms with Gasteiger partial charge in [0.05, 0.1) is 13.5 Å². The van der Waals surface area contributed by atoms with E-state index in [1.165, 1.54) is 12.1 Å². The van der Waals surface area contributed by atoms with Gasteiger partial charge in [0.25, 0.3) is 0 Å². The molecule has 1 aromatic carbocycles. The molecule has 114 valence electrons. The molecule has 0 spiro atoms. The predicted octanol–water partition coefficient (Wildman–Crippen LogP) is 3.14. The van der Waals surface area contributed by atoms with E-state index in [0.717, 1.165) is 7.11 Å². The molecule has 0 aliphatic rings. The highest BCUT2D eigenvalue weighted by atomic mass is 19.4. The van der Waals surface area contributed by atoms with Gasteiger partial charge in [-0.2, -0.15) is 13.2 Å². The Morgan fingerprint density at radius 1 is 1.38 bits per heavy atom. The summed E-state index contributed by atoms with van der Waals surface area (Å²) in [5.41, 5.74) is 0.0525. The van der Waals surface area contributed by atoms with Gasteiger partial charge in [-0.05, 0) is 24.6 Å². The third-order valence-corrected chi connectivity index (χ3v) is 3.58. The number of methoxy groups -OCH3 is 1. The lowest BCUT2D eigenvalue weighted by atomic mass is 10.0. The molecule has 2 rings (SSSR count). The normalized spacial score (nSPS) is 11.9. The Labute approximate surface area is 118 Å². The van der Waals surface area contributed by atoms with Gasteiger partial charge in [0.2, 0.25) is 0 Å². The van der Waals surface area contributed by atoms with Crippen LogP contribution in [0.4, 0.5) is 13.2 Å². The van der Waals surface area contributed by atoms with Gasteiger partial charge in [-0.15, -0.1) is 0 Å². The number of alkyl halides is 3. The summed E-state index contributed by atoms with van der Waals surface area (Å²) in [6.07, 6.45) is -5.11. The number of rotatable bonds is 3. The van der Waals surface area contributed by atoms with Crippen LogP contribution in [0.3, 0.4) is 0 Å². The third-order valence-electron chi connectivity index (χ3n) is 3.58. The van der Waals surface area contributed by atoms with Gasteiger partial charge in [-0.3, -0.25) is 4.79 Å². The lowest BCUT2D eigenvalue weighted by Gasteiger charge is -2.14. The van der Waals surface area contributed by atoms with E-state index < -0.39 is 24.1 Å². The van der Waals surface area contributed by atoms with Gasteiger partial charge in [-0.1, -0.05) is 0 Å². The number of nitrogens with zero attached hydrogens (tertiary/aromatic N) is 1. The number of carboxylic acids is 1. The van der Waals surface area contributed by atoms with Crippen LogP contribution < -0.4 is 4.74 Å². The molecular formula is C14H14F3NO3. The van der Waals surface area contributed by atoms with Gasteiger partial charge in [-0.25, -0.2) is 0 Å². The topological polar surface area (TPSA) is 51.5 Å². The lowest BCUT2D eigenvalue weighted by Crippen LogP contribution is -2.10. The van der Waals surface area contributed by atoms with Crippen molar-refractivity contribution >= 4 is 16.9 Å². The van der Waals surface area contributed by atoms with Crippen LogP contribution in [-0.4, -0.2) is 22.8 Å². The predicted molar refractivity (Wildman–Crippen MR) is 70.5 cm³/mol. The van der Waals surface area contributed by atoms with Gasteiger partial charge >= 0.3 is 12.1 Å². The average Bonchev–Trinajstić information content (AvgIpc) is 2.61. The number of ether oxygens (including phenoxy) is 1. The standard InChI is InChI=1S/C14H14F3NO3/c1-7-8(6-11(19)20)12-9(18(7)2)4-5-10(21-3)13(12)14(15,16)17/h4-5H,6H2,1-3H3,(H,19,20). The summed E-state index contributed by atoms with van der Waals surface area (Å²) in [5, 5.41) is 8.85. The molecule has 21 heavy (non-hydrogen) atoms. The fraction of sp³-hybridized carbons (Fsp3) is 0.357. The zero-order valence-corrected chi connectivity index (χ0v) is 11.7. The maximum Gasteiger partial charge on any atom is 0.420 e. The molecule has 0 aliphatic heterocycles. The molecule has 1 aromatic heterocycles. The van der Waals surface area contributed by atoms with Gasteiger partial charge in [0.15, 0.2) is 0 Å². The molecule has 1 heterocycles. The molecule has 0 radical (unpaired) electrons. The molecule has 0 aliphatic carbocycles. The average molecular weight is 301 g/mol. The van der Waals surface area contributed by atoms with E-state index in [2.05, 4.69) is 0 Å². The molecule has 1 N–H and O–H groups in total. The first-order valence-corrected chi connectivity index (χ1v) is 6.12. The maximum absolute atomic E-state index is 13.4. The summed E-state index contributed by atoms with van der Waals surface area (Å²) in [6.45, 7) is 1.60. The highest BCUT2D eigenvalue weighted by Crippen LogP contribution is 2.43. The van der Waals surface area contributed by atoms with Crippen LogP contribution in [0, 0.1) is 6.92 Å². The first-order valence-electron chi connectivity index (χ1n) is 6.12. The molecule has 0 unspecified atom stereocenters. The van der Waals surface area contributed by atoms with E-state index in [9.17, 15) is 18.0 Å². The second-order valence-electron chi connectivity index (χ2n) is 4.73. The van der Waals surface area contributed by atoms with Crippen molar-refractivity contribution in [2.24, 2.45) is 7.05 Å². The van der Waals surface area contributed by atoms with Crippen molar-refractivity contribution in [2.45, 2.75) is 19.5 Å². The molecule has 4 nitrogen and oxygen atoms in total. The molecule has 2 aromatic rings. The van der Waals surface area contributed by atoms with Crippen molar-refractivity contribution in [3.8, 4) is 5.75 Å². The minimum absolute atomic E-state index is 0.107. The number of fused-ring (bicyclic) bond motifs is 1. The van der Waals surface area contributed by atoms with E-state index in [-0.39, 0.29) is 16.7 Å². The Balaban J connectivity index is 2.96. The third kappa shape index (κ3) is 2.43. The number of carboxylic acid groups (broad SMARTS) is 1. The number of benzene rings is 1. The van der Waals surface area contributed by atoms with Crippen molar-refractivity contribution in [3.05, 3.63) is 29.0 Å². The quantitative estimate of drug-likeness (QED) is 0.947. The SMILES string of the molecule is COc1ccc2c(c(CC(=O)O)c(C)n2C)c1C(F)(F)F. The minimum atomic E-state index is -4.63. The number of carbonyl (C=O) groups is 1. The fourth-order valence-corrected chi connectivity index (χ4v) is 2.54. The molecule has 0 fully saturated rings. The summed E-state index contributed by atoms with van der Waals surface area (Å²) in [6, 6.07) is 2.75. The van der Waals surface area contributed by atoms with E-state index in [0.29, 0.717) is 11.2 Å². The number of hydrogen-bond acceptors (Lipinski definition) is 2. The highest BCUT2D eigenvalue weighted by Gasteiger charge is 2.38. The number of halogens is 3. The van der Waals surface area contributed by atoms with E-state index in [1.807, 2.05) is 0 Å². The molecule has 0 atom stereocenters. The highest BCUT2D eigenvalue weighted by molar-refractivity contribution is 5.93. The van der Waals surface area contributed by atoms with Crippen LogP contribution in [0.2, 0.25) is 0 Å². The van der Waals surface area contributed by atoms with E-state index >= 15 is 0 Å². The molecule has 0 bridgehead atoms. The summed E-state index contributed by atoms with van der Waals surface area (Å²) in [7, 11) is 2.76. The number of aliphatic carboxylic acids is 1. The minimum Gasteiger partial charge on any atom is -0.496 e. The van der Waals surface area contributed by atoms with Crippen molar-refractivity contribution in [3.63, 3.8) is 0 Å². The fourth-order valence-electron chi connectivity index (χ4n) is 2.54. The lowest BCUT2D eigenvalue weighted by molar-refractivity contribution is -0.138. The smallest absolute Gasteiger partial charge is 0.420 e. The van der Waals surface area contributed by atoms with Crippen molar-refractivity contribution in [1.29, 1.82) is 0 Å². The van der Waals surface area contributed by atoms with Gasteiger partial charge < -0.3 is 14.4 Å². The Hall–Kier alpha value is -2.18. The van der Waals surface area contributed by atoms with E-state index in [4.69, 9.17) is 9.84 Å². The second-order valence-corrected chi connectivity index (χ2v) is 4.73. The largest absolute Gasteiger partial charge is 0.496 e. The van der Waals surface area contributed by atoms with Crippen LogP contribution in [0.25, 0.3) is 10.9 Å². The van der Waals surface area contributed by atoms with Crippen LogP contribution >= 0.6 is 0 Å². The van der Waals surface area contributed by atoms with Gasteiger partial charge in [0, 0.05) is 23.6 Å². The number of aromatic nitrogens is 1. The molecule has 0 saturated heterocycles. The number of aryl methyl sites for hydroxylation is 1. The van der Waals surface area contributed by atoms with E-state index in [1.54, 1.807) is 18.5 Å². The Bertz CT molecular complexity index is 717. The van der Waals surface area contributed by atoms with Crippen molar-refractivity contribution < 1.29 is 27.8 Å². The number of hydrogen-bond donors (Lipinski definition) is 1. The second kappa shape index (κ2) is 4.98. The monoisotopic (exact) mass is 301 g/mol. The zero-order chi connectivity index (χ0) is 15.9. The molecule has 7 heteroatoms. The van der Waals surface area contributed by atoms with Crippen molar-refractivity contribution in [2.75, 3.05) is 7.11 Å². The molecule has 0 saturated carbocycles. The summed E-state index contributed by atoms with van der Waals surface area (Å²) >= 11 is 0.